The predicted molar refractivity (Wildman–Crippen MR) is 110 cm³/mol. The number of methoxy groups -OCH3 is 2. The maximum Gasteiger partial charge on any atom is 0.306 e. The Morgan fingerprint density at radius 3 is 2.38 bits per heavy atom. The molecule has 2 aromatic rings. The van der Waals surface area contributed by atoms with Gasteiger partial charge in [0, 0.05) is 17.5 Å². The minimum atomic E-state index is -0.474. The molecule has 7 nitrogen and oxygen atoms in total. The first-order chi connectivity index (χ1) is 13.9. The van der Waals surface area contributed by atoms with Crippen LogP contribution < -0.4 is 19.5 Å². The number of hydrogen-bond acceptors (Lipinski definition) is 6. The van der Waals surface area contributed by atoms with Crippen LogP contribution in [0.5, 0.6) is 17.2 Å². The molecule has 0 unspecified atom stereocenters. The van der Waals surface area contributed by atoms with Crippen LogP contribution in [0.25, 0.3) is 0 Å². The van der Waals surface area contributed by atoms with E-state index in [-0.39, 0.29) is 13.0 Å². The zero-order valence-electron chi connectivity index (χ0n) is 16.6. The minimum absolute atomic E-state index is 0.146. The van der Waals surface area contributed by atoms with E-state index in [0.29, 0.717) is 35.2 Å². The summed E-state index contributed by atoms with van der Waals surface area (Å²) in [5.41, 5.74) is 1.25. The smallest absolute Gasteiger partial charge is 0.306 e. The number of carbonyl (C=O) groups excluding carboxylic acids is 2. The molecule has 1 N–H and O–H groups in total. The molecular weight excluding hydrogens is 398 g/mol. The van der Waals surface area contributed by atoms with E-state index >= 15 is 0 Å². The number of carbonyl (C=O) groups is 2. The standard InChI is InChI=1S/C21H24ClNO6/c1-14-11-18(19(27-3)12-17(14)22)23-20(24)13-29-21(25)5-4-10-28-16-8-6-15(26-2)7-9-16/h6-9,11-12H,4-5,10,13H2,1-3H3,(H,23,24). The van der Waals surface area contributed by atoms with Crippen molar-refractivity contribution in [2.24, 2.45) is 0 Å². The molecule has 0 radical (unpaired) electrons. The van der Waals surface area contributed by atoms with Crippen LogP contribution in [0, 0.1) is 6.92 Å². The van der Waals surface area contributed by atoms with Crippen LogP contribution in [0.2, 0.25) is 5.02 Å². The van der Waals surface area contributed by atoms with Crippen LogP contribution in [0.1, 0.15) is 18.4 Å². The Hall–Kier alpha value is -2.93. The molecule has 0 aliphatic heterocycles. The van der Waals surface area contributed by atoms with Gasteiger partial charge in [-0.3, -0.25) is 9.59 Å². The van der Waals surface area contributed by atoms with Gasteiger partial charge in [-0.2, -0.15) is 0 Å². The van der Waals surface area contributed by atoms with Gasteiger partial charge < -0.3 is 24.3 Å². The van der Waals surface area contributed by atoms with Crippen molar-refractivity contribution in [2.45, 2.75) is 19.8 Å². The van der Waals surface area contributed by atoms with Crippen molar-refractivity contribution in [1.29, 1.82) is 0 Å². The van der Waals surface area contributed by atoms with Crippen molar-refractivity contribution < 1.29 is 28.5 Å². The fourth-order valence-electron chi connectivity index (χ4n) is 2.41. The lowest BCUT2D eigenvalue weighted by atomic mass is 10.2. The Morgan fingerprint density at radius 1 is 1.03 bits per heavy atom. The van der Waals surface area contributed by atoms with E-state index in [2.05, 4.69) is 5.32 Å². The normalized spacial score (nSPS) is 10.2. The summed E-state index contributed by atoms with van der Waals surface area (Å²) in [7, 11) is 3.07. The Bertz CT molecular complexity index is 838. The van der Waals surface area contributed by atoms with Gasteiger partial charge in [0.25, 0.3) is 5.91 Å². The molecule has 2 rings (SSSR count). The Labute approximate surface area is 174 Å². The highest BCUT2D eigenvalue weighted by Crippen LogP contribution is 2.30. The fourth-order valence-corrected chi connectivity index (χ4v) is 2.57. The van der Waals surface area contributed by atoms with Crippen molar-refractivity contribution in [3.8, 4) is 17.2 Å². The molecule has 0 aromatic heterocycles. The maximum absolute atomic E-state index is 12.0. The number of rotatable bonds is 10. The number of nitrogens with one attached hydrogen (secondary N) is 1. The fraction of sp³-hybridized carbons (Fsp3) is 0.333. The second-order valence-corrected chi connectivity index (χ2v) is 6.55. The minimum Gasteiger partial charge on any atom is -0.497 e. The van der Waals surface area contributed by atoms with Crippen molar-refractivity contribution in [3.63, 3.8) is 0 Å². The van der Waals surface area contributed by atoms with Crippen molar-refractivity contribution >= 4 is 29.2 Å². The van der Waals surface area contributed by atoms with Crippen LogP contribution in [0.4, 0.5) is 5.69 Å². The van der Waals surface area contributed by atoms with Gasteiger partial charge in [-0.15, -0.1) is 0 Å². The zero-order valence-corrected chi connectivity index (χ0v) is 17.4. The number of ether oxygens (including phenoxy) is 4. The molecule has 1 amide bonds. The Balaban J connectivity index is 1.69. The first-order valence-corrected chi connectivity index (χ1v) is 9.37. The third-order valence-electron chi connectivity index (χ3n) is 3.97. The number of benzene rings is 2. The van der Waals surface area contributed by atoms with Crippen LogP contribution in [-0.4, -0.2) is 39.3 Å². The largest absolute Gasteiger partial charge is 0.497 e. The molecule has 0 aliphatic carbocycles. The van der Waals surface area contributed by atoms with E-state index < -0.39 is 11.9 Å². The first kappa shape index (κ1) is 22.4. The van der Waals surface area contributed by atoms with Gasteiger partial charge in [-0.05, 0) is 49.2 Å². The van der Waals surface area contributed by atoms with Gasteiger partial charge >= 0.3 is 5.97 Å². The molecule has 0 heterocycles. The summed E-state index contributed by atoms with van der Waals surface area (Å²) in [6, 6.07) is 10.5. The van der Waals surface area contributed by atoms with Crippen LogP contribution in [0.3, 0.4) is 0 Å². The molecule has 0 atom stereocenters. The van der Waals surface area contributed by atoms with Gasteiger partial charge in [0.15, 0.2) is 6.61 Å². The second kappa shape index (κ2) is 11.2. The average molecular weight is 422 g/mol. The SMILES string of the molecule is COc1ccc(OCCCC(=O)OCC(=O)Nc2cc(C)c(Cl)cc2OC)cc1. The Morgan fingerprint density at radius 2 is 1.72 bits per heavy atom. The molecule has 0 fully saturated rings. The topological polar surface area (TPSA) is 83.1 Å². The lowest BCUT2D eigenvalue weighted by Crippen LogP contribution is -2.21. The Kier molecular flexibility index (Phi) is 8.61. The van der Waals surface area contributed by atoms with Gasteiger partial charge in [0.1, 0.15) is 17.2 Å². The third kappa shape index (κ3) is 7.19. The van der Waals surface area contributed by atoms with Crippen molar-refractivity contribution in [2.75, 3.05) is 32.8 Å². The third-order valence-corrected chi connectivity index (χ3v) is 4.38. The van der Waals surface area contributed by atoms with Crippen molar-refractivity contribution in [1.82, 2.24) is 0 Å². The number of hydrogen-bond donors (Lipinski definition) is 1. The highest BCUT2D eigenvalue weighted by Gasteiger charge is 2.12. The summed E-state index contributed by atoms with van der Waals surface area (Å²) >= 11 is 6.04. The summed E-state index contributed by atoms with van der Waals surface area (Å²) in [4.78, 5) is 23.8. The number of halogens is 1. The van der Waals surface area contributed by atoms with Gasteiger partial charge in [0.05, 0.1) is 26.5 Å². The van der Waals surface area contributed by atoms with Crippen LogP contribution in [0.15, 0.2) is 36.4 Å². The lowest BCUT2D eigenvalue weighted by Gasteiger charge is -2.12. The molecule has 0 bridgehead atoms. The number of anilines is 1. The molecule has 156 valence electrons. The van der Waals surface area contributed by atoms with Gasteiger partial charge in [-0.1, -0.05) is 11.6 Å². The van der Waals surface area contributed by atoms with E-state index in [1.807, 2.05) is 6.92 Å². The lowest BCUT2D eigenvalue weighted by molar-refractivity contribution is -0.147. The summed E-state index contributed by atoms with van der Waals surface area (Å²) in [5, 5.41) is 3.18. The van der Waals surface area contributed by atoms with Crippen LogP contribution >= 0.6 is 11.6 Å². The van der Waals surface area contributed by atoms with Crippen LogP contribution in [-0.2, 0) is 14.3 Å². The number of amides is 1. The summed E-state index contributed by atoms with van der Waals surface area (Å²) in [6.07, 6.45) is 0.615. The van der Waals surface area contributed by atoms with Gasteiger partial charge in [0.2, 0.25) is 0 Å². The first-order valence-electron chi connectivity index (χ1n) is 8.99. The number of esters is 1. The number of aryl methyl sites for hydroxylation is 1. The van der Waals surface area contributed by atoms with E-state index in [9.17, 15) is 9.59 Å². The molecule has 0 aliphatic rings. The highest BCUT2D eigenvalue weighted by atomic mass is 35.5. The summed E-state index contributed by atoms with van der Waals surface area (Å²) in [6.45, 7) is 1.78. The molecule has 0 saturated heterocycles. The van der Waals surface area contributed by atoms with E-state index in [1.165, 1.54) is 7.11 Å². The zero-order chi connectivity index (χ0) is 21.2. The maximum atomic E-state index is 12.0. The van der Waals surface area contributed by atoms with E-state index in [1.54, 1.807) is 43.5 Å². The monoisotopic (exact) mass is 421 g/mol. The molecule has 29 heavy (non-hydrogen) atoms. The predicted octanol–water partition coefficient (Wildman–Crippen LogP) is 4.01. The second-order valence-electron chi connectivity index (χ2n) is 6.14. The molecular formula is C21H24ClNO6. The highest BCUT2D eigenvalue weighted by molar-refractivity contribution is 6.31. The molecule has 0 spiro atoms. The summed E-state index contributed by atoms with van der Waals surface area (Å²) in [5.74, 6) is 0.915. The molecule has 8 heteroatoms. The molecule has 0 saturated carbocycles. The van der Waals surface area contributed by atoms with E-state index in [0.717, 1.165) is 11.3 Å². The summed E-state index contributed by atoms with van der Waals surface area (Å²) < 4.78 is 20.8. The van der Waals surface area contributed by atoms with Gasteiger partial charge in [-0.25, -0.2) is 0 Å². The van der Waals surface area contributed by atoms with E-state index in [4.69, 9.17) is 30.5 Å². The average Bonchev–Trinajstić information content (AvgIpc) is 2.72. The quantitative estimate of drug-likeness (QED) is 0.461. The van der Waals surface area contributed by atoms with Crippen molar-refractivity contribution in [3.05, 3.63) is 47.0 Å². The molecule has 2 aromatic carbocycles.